The van der Waals surface area contributed by atoms with Gasteiger partial charge in [0.15, 0.2) is 0 Å². The minimum Gasteiger partial charge on any atom is -0.444 e. The predicted octanol–water partition coefficient (Wildman–Crippen LogP) is 1.98. The molecule has 0 radical (unpaired) electrons. The number of amides is 1. The molecule has 1 aliphatic heterocycles. The van der Waals surface area contributed by atoms with Crippen molar-refractivity contribution >= 4 is 11.9 Å². The molecule has 0 aromatic carbocycles. The van der Waals surface area contributed by atoms with Crippen LogP contribution in [-0.4, -0.2) is 47.2 Å². The van der Waals surface area contributed by atoms with Gasteiger partial charge >= 0.3 is 6.09 Å². The molecule has 1 rings (SSSR count). The average molecular weight is 271 g/mol. The second-order valence-corrected chi connectivity index (χ2v) is 6.06. The third-order valence-electron chi connectivity index (χ3n) is 3.14. The Morgan fingerprint density at radius 2 is 2.11 bits per heavy atom. The average Bonchev–Trinajstić information content (AvgIpc) is 2.29. The van der Waals surface area contributed by atoms with Crippen LogP contribution in [-0.2, 0) is 9.53 Å². The summed E-state index contributed by atoms with van der Waals surface area (Å²) in [5, 5.41) is 8.76. The quantitative estimate of drug-likeness (QED) is 0.794. The van der Waals surface area contributed by atoms with E-state index in [9.17, 15) is 9.59 Å². The molecule has 1 heterocycles. The first-order valence-electron chi connectivity index (χ1n) is 6.95. The second kappa shape index (κ2) is 6.89. The lowest BCUT2D eigenvalue weighted by Gasteiger charge is -2.33. The molecule has 1 N–H and O–H groups in total. The Labute approximate surface area is 114 Å². The summed E-state index contributed by atoms with van der Waals surface area (Å²) < 4.78 is 5.32. The molecule has 1 unspecified atom stereocenters. The van der Waals surface area contributed by atoms with E-state index in [2.05, 4.69) is 0 Å². The second-order valence-electron chi connectivity index (χ2n) is 6.06. The Bertz CT molecular complexity index is 322. The van der Waals surface area contributed by atoms with E-state index in [-0.39, 0.29) is 24.4 Å². The monoisotopic (exact) mass is 271 g/mol. The van der Waals surface area contributed by atoms with Gasteiger partial charge in [-0.2, -0.15) is 0 Å². The van der Waals surface area contributed by atoms with E-state index in [4.69, 9.17) is 9.84 Å². The van der Waals surface area contributed by atoms with E-state index in [0.717, 1.165) is 12.8 Å². The Balaban J connectivity index is 2.49. The van der Waals surface area contributed by atoms with Crippen LogP contribution in [0.15, 0.2) is 0 Å². The van der Waals surface area contributed by atoms with Crippen molar-refractivity contribution in [2.24, 2.45) is 5.92 Å². The van der Waals surface area contributed by atoms with E-state index in [1.54, 1.807) is 4.90 Å². The molecular weight excluding hydrogens is 246 g/mol. The number of carbonyl (C=O) groups excluding carboxylic acids is 2. The Morgan fingerprint density at radius 1 is 1.42 bits per heavy atom. The number of hydrogen-bond donors (Lipinski definition) is 1. The molecule has 1 saturated heterocycles. The van der Waals surface area contributed by atoms with Crippen molar-refractivity contribution < 1.29 is 19.4 Å². The third kappa shape index (κ3) is 5.59. The fourth-order valence-electron chi connectivity index (χ4n) is 2.16. The van der Waals surface area contributed by atoms with Gasteiger partial charge < -0.3 is 14.7 Å². The molecule has 5 heteroatoms. The van der Waals surface area contributed by atoms with Gasteiger partial charge in [-0.25, -0.2) is 4.79 Å². The number of aliphatic hydroxyl groups excluding tert-OH is 1. The van der Waals surface area contributed by atoms with Crippen LogP contribution in [0.2, 0.25) is 0 Å². The number of nitrogens with zero attached hydrogens (tertiary/aromatic N) is 1. The van der Waals surface area contributed by atoms with Crippen LogP contribution in [0.3, 0.4) is 0 Å². The number of piperidine rings is 1. The van der Waals surface area contributed by atoms with Crippen LogP contribution in [0, 0.1) is 5.92 Å². The molecule has 1 aliphatic rings. The first-order valence-corrected chi connectivity index (χ1v) is 6.95. The number of carbonyl (C=O) groups is 2. The first-order chi connectivity index (χ1) is 8.83. The number of likely N-dealkylation sites (tertiary alicyclic amines) is 1. The zero-order valence-corrected chi connectivity index (χ0v) is 12.1. The summed E-state index contributed by atoms with van der Waals surface area (Å²) in [4.78, 5) is 25.4. The molecule has 0 bridgehead atoms. The van der Waals surface area contributed by atoms with Crippen molar-refractivity contribution in [1.29, 1.82) is 0 Å². The summed E-state index contributed by atoms with van der Waals surface area (Å²) in [5.74, 6) is 0.116. The van der Waals surface area contributed by atoms with E-state index in [1.165, 1.54) is 0 Å². The van der Waals surface area contributed by atoms with Gasteiger partial charge in [0.2, 0.25) is 0 Å². The first kappa shape index (κ1) is 16.0. The number of hydrogen-bond acceptors (Lipinski definition) is 4. The van der Waals surface area contributed by atoms with Crippen LogP contribution >= 0.6 is 0 Å². The highest BCUT2D eigenvalue weighted by Gasteiger charge is 2.31. The molecule has 0 aromatic rings. The van der Waals surface area contributed by atoms with Gasteiger partial charge in [0.1, 0.15) is 11.4 Å². The standard InChI is InChI=1S/C14H25NO4/c1-14(2,3)19-13(18)15-8-7-12(17)11(10-15)6-4-5-9-16/h11,16H,4-10H2,1-3H3. The Morgan fingerprint density at radius 3 is 2.68 bits per heavy atom. The highest BCUT2D eigenvalue weighted by Crippen LogP contribution is 2.20. The molecular formula is C14H25NO4. The van der Waals surface area contributed by atoms with Crippen molar-refractivity contribution in [3.63, 3.8) is 0 Å². The Hall–Kier alpha value is -1.10. The number of unbranched alkanes of at least 4 members (excludes halogenated alkanes) is 1. The van der Waals surface area contributed by atoms with Crippen molar-refractivity contribution in [1.82, 2.24) is 4.90 Å². The van der Waals surface area contributed by atoms with Crippen LogP contribution in [0.4, 0.5) is 4.79 Å². The molecule has 0 aromatic heterocycles. The van der Waals surface area contributed by atoms with Crippen molar-refractivity contribution in [2.45, 2.75) is 52.1 Å². The number of ketones is 1. The van der Waals surface area contributed by atoms with Crippen LogP contribution in [0.5, 0.6) is 0 Å². The highest BCUT2D eigenvalue weighted by atomic mass is 16.6. The van der Waals surface area contributed by atoms with Crippen LogP contribution in [0.25, 0.3) is 0 Å². The third-order valence-corrected chi connectivity index (χ3v) is 3.14. The van der Waals surface area contributed by atoms with Gasteiger partial charge in [0.25, 0.3) is 0 Å². The topological polar surface area (TPSA) is 66.8 Å². The largest absolute Gasteiger partial charge is 0.444 e. The number of rotatable bonds is 4. The normalized spacial score (nSPS) is 20.5. The van der Waals surface area contributed by atoms with E-state index >= 15 is 0 Å². The maximum Gasteiger partial charge on any atom is 0.410 e. The number of ether oxygens (including phenoxy) is 1. The molecule has 0 spiro atoms. The van der Waals surface area contributed by atoms with Gasteiger partial charge in [-0.1, -0.05) is 6.42 Å². The van der Waals surface area contributed by atoms with E-state index < -0.39 is 5.60 Å². The fraction of sp³-hybridized carbons (Fsp3) is 0.857. The summed E-state index contributed by atoms with van der Waals surface area (Å²) in [6.07, 6.45) is 2.32. The van der Waals surface area contributed by atoms with Gasteiger partial charge in [-0.3, -0.25) is 4.79 Å². The molecule has 0 saturated carbocycles. The summed E-state index contributed by atoms with van der Waals surface area (Å²) in [6.45, 7) is 6.54. The zero-order chi connectivity index (χ0) is 14.5. The maximum absolute atomic E-state index is 11.9. The van der Waals surface area contributed by atoms with Gasteiger partial charge in [0.05, 0.1) is 0 Å². The minimum absolute atomic E-state index is 0.104. The summed E-state index contributed by atoms with van der Waals surface area (Å²) in [6, 6.07) is 0. The van der Waals surface area contributed by atoms with Gasteiger partial charge in [0, 0.05) is 32.0 Å². The summed E-state index contributed by atoms with van der Waals surface area (Å²) >= 11 is 0. The smallest absolute Gasteiger partial charge is 0.410 e. The molecule has 1 atom stereocenters. The fourth-order valence-corrected chi connectivity index (χ4v) is 2.16. The number of Topliss-reactive ketones (excluding diaryl/α,β-unsaturated/α-hetero) is 1. The molecule has 110 valence electrons. The van der Waals surface area contributed by atoms with Gasteiger partial charge in [-0.05, 0) is 33.6 Å². The van der Waals surface area contributed by atoms with Crippen LogP contribution in [0.1, 0.15) is 46.5 Å². The summed E-state index contributed by atoms with van der Waals surface area (Å²) in [7, 11) is 0. The van der Waals surface area contributed by atoms with Crippen molar-refractivity contribution in [3.8, 4) is 0 Å². The molecule has 19 heavy (non-hydrogen) atoms. The van der Waals surface area contributed by atoms with E-state index in [0.29, 0.717) is 25.9 Å². The molecule has 1 fully saturated rings. The lowest BCUT2D eigenvalue weighted by molar-refractivity contribution is -0.126. The predicted molar refractivity (Wildman–Crippen MR) is 71.9 cm³/mol. The van der Waals surface area contributed by atoms with Crippen molar-refractivity contribution in [2.75, 3.05) is 19.7 Å². The van der Waals surface area contributed by atoms with E-state index in [1.807, 2.05) is 20.8 Å². The minimum atomic E-state index is -0.509. The zero-order valence-electron chi connectivity index (χ0n) is 12.1. The number of aliphatic hydroxyl groups is 1. The highest BCUT2D eigenvalue weighted by molar-refractivity contribution is 5.84. The Kier molecular flexibility index (Phi) is 5.79. The van der Waals surface area contributed by atoms with Crippen LogP contribution < -0.4 is 0 Å². The summed E-state index contributed by atoms with van der Waals surface area (Å²) in [5.41, 5.74) is -0.509. The molecule has 0 aliphatic carbocycles. The van der Waals surface area contributed by atoms with Gasteiger partial charge in [-0.15, -0.1) is 0 Å². The molecule has 5 nitrogen and oxygen atoms in total. The van der Waals surface area contributed by atoms with Crippen molar-refractivity contribution in [3.05, 3.63) is 0 Å². The maximum atomic E-state index is 11.9. The lowest BCUT2D eigenvalue weighted by atomic mass is 9.91. The molecule has 1 amide bonds. The lowest BCUT2D eigenvalue weighted by Crippen LogP contribution is -2.46. The SMILES string of the molecule is CC(C)(C)OC(=O)N1CCC(=O)C(CCCCO)C1.